The summed E-state index contributed by atoms with van der Waals surface area (Å²) in [4.78, 5) is 16.3. The lowest BCUT2D eigenvalue weighted by atomic mass is 10.1. The highest BCUT2D eigenvalue weighted by atomic mass is 32.2. The highest BCUT2D eigenvalue weighted by Gasteiger charge is 2.35. The van der Waals surface area contributed by atoms with Gasteiger partial charge in [0.1, 0.15) is 5.75 Å². The summed E-state index contributed by atoms with van der Waals surface area (Å²) in [7, 11) is -4.58. The molecular formula is C19H12F3N3O4S2. The van der Waals surface area contributed by atoms with E-state index in [1.165, 1.54) is 30.5 Å². The van der Waals surface area contributed by atoms with E-state index in [0.29, 0.717) is 6.07 Å². The minimum absolute atomic E-state index is 0.142. The number of hydrogen-bond donors (Lipinski definition) is 1. The second-order valence-corrected chi connectivity index (χ2v) is 8.52. The van der Waals surface area contributed by atoms with Crippen LogP contribution < -0.4 is 9.50 Å². The number of para-hydroxylation sites is 1. The van der Waals surface area contributed by atoms with Gasteiger partial charge in [-0.15, -0.1) is 11.3 Å². The largest absolute Gasteiger partial charge is 0.416 e. The maximum absolute atomic E-state index is 13.3. The predicted octanol–water partition coefficient (Wildman–Crippen LogP) is 4.19. The number of amides is 1. The van der Waals surface area contributed by atoms with Crippen molar-refractivity contribution in [3.63, 3.8) is 0 Å². The van der Waals surface area contributed by atoms with Crippen LogP contribution in [0, 0.1) is 11.3 Å². The fourth-order valence-corrected chi connectivity index (χ4v) is 4.20. The van der Waals surface area contributed by atoms with E-state index in [9.17, 15) is 26.4 Å². The van der Waals surface area contributed by atoms with Crippen LogP contribution in [0.3, 0.4) is 0 Å². The van der Waals surface area contributed by atoms with Gasteiger partial charge in [0.15, 0.2) is 10.9 Å². The number of nitriles is 1. The van der Waals surface area contributed by atoms with Crippen molar-refractivity contribution < 1.29 is 30.6 Å². The molecule has 1 aromatic heterocycles. The number of carbonyl (C=O) groups is 1. The van der Waals surface area contributed by atoms with Crippen LogP contribution in [0.2, 0.25) is 0 Å². The summed E-state index contributed by atoms with van der Waals surface area (Å²) in [5, 5.41) is 13.2. The van der Waals surface area contributed by atoms with Crippen molar-refractivity contribution in [1.82, 2.24) is 4.98 Å². The first kappa shape index (κ1) is 22.3. The van der Waals surface area contributed by atoms with E-state index in [4.69, 9.17) is 9.44 Å². The molecule has 3 aromatic rings. The van der Waals surface area contributed by atoms with Crippen LogP contribution in [0.1, 0.15) is 27.0 Å². The van der Waals surface area contributed by atoms with Crippen molar-refractivity contribution >= 4 is 32.5 Å². The Morgan fingerprint density at radius 1 is 1.23 bits per heavy atom. The van der Waals surface area contributed by atoms with Crippen molar-refractivity contribution in [3.05, 3.63) is 76.3 Å². The van der Waals surface area contributed by atoms with Crippen molar-refractivity contribution in [3.8, 4) is 11.8 Å². The second kappa shape index (κ2) is 8.75. The Labute approximate surface area is 178 Å². The van der Waals surface area contributed by atoms with Gasteiger partial charge in [-0.1, -0.05) is 18.2 Å². The lowest BCUT2D eigenvalue weighted by Gasteiger charge is -2.15. The third-order valence-electron chi connectivity index (χ3n) is 3.88. The number of anilines is 1. The Kier molecular flexibility index (Phi) is 6.28. The summed E-state index contributed by atoms with van der Waals surface area (Å²) in [5.74, 6) is -2.16. The molecule has 3 rings (SSSR count). The van der Waals surface area contributed by atoms with Crippen molar-refractivity contribution in [1.29, 1.82) is 5.26 Å². The fourth-order valence-electron chi connectivity index (χ4n) is 2.57. The molecule has 0 aliphatic heterocycles. The van der Waals surface area contributed by atoms with Crippen molar-refractivity contribution in [2.75, 3.05) is 5.32 Å². The number of rotatable bonds is 6. The fraction of sp³-hybridized carbons (Fsp3) is 0.105. The zero-order valence-corrected chi connectivity index (χ0v) is 17.0. The van der Waals surface area contributed by atoms with Gasteiger partial charge in [0.2, 0.25) is 0 Å². The molecule has 160 valence electrons. The van der Waals surface area contributed by atoms with Crippen LogP contribution in [-0.2, 0) is 22.0 Å². The molecular weight excluding hydrogens is 455 g/mol. The SMILES string of the molecule is N#Cc1ccc(CS(=O)(=O)Oc2ccccc2C(=O)Nc2nccs2)c(C(F)(F)F)c1. The molecule has 0 atom stereocenters. The van der Waals surface area contributed by atoms with Crippen molar-refractivity contribution in [2.24, 2.45) is 0 Å². The third kappa shape index (κ3) is 5.59. The molecule has 0 radical (unpaired) electrons. The van der Waals surface area contributed by atoms with Gasteiger partial charge in [-0.05, 0) is 29.8 Å². The second-order valence-electron chi connectivity index (χ2n) is 6.05. The average molecular weight is 467 g/mol. The molecule has 7 nitrogen and oxygen atoms in total. The molecule has 1 heterocycles. The smallest absolute Gasteiger partial charge is 0.381 e. The summed E-state index contributed by atoms with van der Waals surface area (Å²) < 4.78 is 69.9. The number of nitrogens with one attached hydrogen (secondary N) is 1. The minimum Gasteiger partial charge on any atom is -0.381 e. The molecule has 0 fully saturated rings. The van der Waals surface area contributed by atoms with Gasteiger partial charge in [-0.3, -0.25) is 10.1 Å². The van der Waals surface area contributed by atoms with E-state index in [1.54, 1.807) is 11.4 Å². The Hall–Kier alpha value is -3.43. The minimum atomic E-state index is -4.87. The number of alkyl halides is 3. The average Bonchev–Trinajstić information content (AvgIpc) is 3.20. The maximum atomic E-state index is 13.3. The van der Waals surface area contributed by atoms with E-state index in [0.717, 1.165) is 23.5 Å². The standard InChI is InChI=1S/C19H12F3N3O4S2/c20-19(21,22)15-9-12(10-23)5-6-13(15)11-31(27,28)29-16-4-2-1-3-14(16)17(26)25-18-24-7-8-30-18/h1-9H,11H2,(H,24,25,26). The quantitative estimate of drug-likeness (QED) is 0.545. The topological polar surface area (TPSA) is 109 Å². The number of benzene rings is 2. The molecule has 0 bridgehead atoms. The van der Waals surface area contributed by atoms with Gasteiger partial charge in [0.25, 0.3) is 5.91 Å². The molecule has 31 heavy (non-hydrogen) atoms. The Bertz CT molecular complexity index is 1250. The Morgan fingerprint density at radius 2 is 1.97 bits per heavy atom. The van der Waals surface area contributed by atoms with E-state index in [-0.39, 0.29) is 22.0 Å². The highest BCUT2D eigenvalue weighted by molar-refractivity contribution is 7.86. The van der Waals surface area contributed by atoms with Crippen molar-refractivity contribution in [2.45, 2.75) is 11.9 Å². The summed E-state index contributed by atoms with van der Waals surface area (Å²) >= 11 is 1.14. The maximum Gasteiger partial charge on any atom is 0.416 e. The molecule has 2 aromatic carbocycles. The van der Waals surface area contributed by atoms with Crippen LogP contribution in [-0.4, -0.2) is 19.3 Å². The van der Waals surface area contributed by atoms with Crippen LogP contribution in [0.4, 0.5) is 18.3 Å². The van der Waals surface area contributed by atoms with E-state index in [1.807, 2.05) is 0 Å². The summed E-state index contributed by atoms with van der Waals surface area (Å²) in [5.41, 5.74) is -2.25. The number of carbonyl (C=O) groups excluding carboxylic acids is 1. The van der Waals surface area contributed by atoms with Gasteiger partial charge in [-0.2, -0.15) is 26.9 Å². The first-order chi connectivity index (χ1) is 14.6. The number of nitrogens with zero attached hydrogens (tertiary/aromatic N) is 2. The summed E-state index contributed by atoms with van der Waals surface area (Å²) in [6.07, 6.45) is -3.41. The molecule has 0 saturated carbocycles. The number of aromatic nitrogens is 1. The van der Waals surface area contributed by atoms with Crippen LogP contribution in [0.5, 0.6) is 5.75 Å². The van der Waals surface area contributed by atoms with Crippen LogP contribution >= 0.6 is 11.3 Å². The lowest BCUT2D eigenvalue weighted by Crippen LogP contribution is -2.19. The van der Waals surface area contributed by atoms with Crippen LogP contribution in [0.25, 0.3) is 0 Å². The van der Waals surface area contributed by atoms with E-state index >= 15 is 0 Å². The number of halogens is 3. The summed E-state index contributed by atoms with van der Waals surface area (Å²) in [6, 6.07) is 9.52. The van der Waals surface area contributed by atoms with Gasteiger partial charge in [0, 0.05) is 11.6 Å². The molecule has 0 unspecified atom stereocenters. The molecule has 0 aliphatic rings. The van der Waals surface area contributed by atoms with E-state index in [2.05, 4.69) is 10.3 Å². The third-order valence-corrected chi connectivity index (χ3v) is 5.66. The van der Waals surface area contributed by atoms with Gasteiger partial charge in [0.05, 0.1) is 22.8 Å². The zero-order valence-electron chi connectivity index (χ0n) is 15.4. The monoisotopic (exact) mass is 467 g/mol. The Morgan fingerprint density at radius 3 is 2.61 bits per heavy atom. The highest BCUT2D eigenvalue weighted by Crippen LogP contribution is 2.34. The zero-order chi connectivity index (χ0) is 22.6. The van der Waals surface area contributed by atoms with Gasteiger partial charge >= 0.3 is 16.3 Å². The molecule has 0 aliphatic carbocycles. The van der Waals surface area contributed by atoms with E-state index < -0.39 is 39.1 Å². The summed E-state index contributed by atoms with van der Waals surface area (Å²) in [6.45, 7) is 0. The molecule has 0 saturated heterocycles. The number of thiazole rings is 1. The number of hydrogen-bond acceptors (Lipinski definition) is 7. The molecule has 0 spiro atoms. The van der Waals surface area contributed by atoms with Gasteiger partial charge in [-0.25, -0.2) is 4.98 Å². The van der Waals surface area contributed by atoms with Gasteiger partial charge < -0.3 is 4.18 Å². The molecule has 1 N–H and O–H groups in total. The Balaban J connectivity index is 1.88. The predicted molar refractivity (Wildman–Crippen MR) is 106 cm³/mol. The van der Waals surface area contributed by atoms with Crippen LogP contribution in [0.15, 0.2) is 54.0 Å². The first-order valence-corrected chi connectivity index (χ1v) is 10.9. The lowest BCUT2D eigenvalue weighted by molar-refractivity contribution is -0.138. The molecule has 12 heteroatoms. The molecule has 1 amide bonds. The normalized spacial score (nSPS) is 11.5. The first-order valence-electron chi connectivity index (χ1n) is 8.41.